The van der Waals surface area contributed by atoms with E-state index in [1.807, 2.05) is 36.4 Å². The van der Waals surface area contributed by atoms with E-state index in [9.17, 15) is 4.39 Å². The summed E-state index contributed by atoms with van der Waals surface area (Å²) in [5.41, 5.74) is 8.12. The van der Waals surface area contributed by atoms with Crippen molar-refractivity contribution in [2.45, 2.75) is 10.6 Å². The number of thioether (sulfide) groups is 1. The highest BCUT2D eigenvalue weighted by Crippen LogP contribution is 2.24. The fourth-order valence-corrected chi connectivity index (χ4v) is 2.84. The van der Waals surface area contributed by atoms with Crippen molar-refractivity contribution in [3.8, 4) is 0 Å². The van der Waals surface area contributed by atoms with Crippen LogP contribution >= 0.6 is 11.8 Å². The first-order valence-corrected chi connectivity index (χ1v) is 7.23. The summed E-state index contributed by atoms with van der Waals surface area (Å²) in [7, 11) is 0. The number of nitrogen functional groups attached to an aromatic ring is 1. The van der Waals surface area contributed by atoms with Gasteiger partial charge in [0.2, 0.25) is 0 Å². The number of rotatable bonds is 3. The summed E-state index contributed by atoms with van der Waals surface area (Å²) in [6.45, 7) is 0. The second kappa shape index (κ2) is 5.51. The fourth-order valence-electron chi connectivity index (χ4n) is 1.97. The first kappa shape index (κ1) is 12.9. The number of fused-ring (bicyclic) bond motifs is 1. The maximum atomic E-state index is 13.2. The predicted octanol–water partition coefficient (Wildman–Crippen LogP) is 4.25. The van der Waals surface area contributed by atoms with Crippen LogP contribution in [-0.4, -0.2) is 4.98 Å². The van der Waals surface area contributed by atoms with Crippen LogP contribution in [0.3, 0.4) is 0 Å². The zero-order valence-corrected chi connectivity index (χ0v) is 11.5. The standard InChI is InChI=1S/C16H13FN2S/c17-12-6-4-11-5-7-14(19-16(11)8-12)10-20-15-3-1-2-13(18)9-15/h1-9H,10,18H2. The van der Waals surface area contributed by atoms with Crippen LogP contribution in [0.15, 0.2) is 59.5 Å². The van der Waals surface area contributed by atoms with Gasteiger partial charge >= 0.3 is 0 Å². The van der Waals surface area contributed by atoms with E-state index in [-0.39, 0.29) is 5.82 Å². The lowest BCUT2D eigenvalue weighted by Gasteiger charge is -2.04. The van der Waals surface area contributed by atoms with Crippen LogP contribution in [0.2, 0.25) is 0 Å². The lowest BCUT2D eigenvalue weighted by Crippen LogP contribution is -1.89. The molecule has 20 heavy (non-hydrogen) atoms. The molecule has 0 aliphatic carbocycles. The van der Waals surface area contributed by atoms with Crippen LogP contribution < -0.4 is 5.73 Å². The summed E-state index contributed by atoms with van der Waals surface area (Å²) in [6.07, 6.45) is 0. The van der Waals surface area contributed by atoms with E-state index < -0.39 is 0 Å². The van der Waals surface area contributed by atoms with Gasteiger partial charge in [-0.05, 0) is 36.4 Å². The molecule has 0 bridgehead atoms. The quantitative estimate of drug-likeness (QED) is 0.577. The highest BCUT2D eigenvalue weighted by Gasteiger charge is 2.02. The van der Waals surface area contributed by atoms with Crippen molar-refractivity contribution in [3.05, 3.63) is 66.1 Å². The average Bonchev–Trinajstić information content (AvgIpc) is 2.45. The summed E-state index contributed by atoms with van der Waals surface area (Å²) < 4.78 is 13.2. The van der Waals surface area contributed by atoms with Crippen molar-refractivity contribution in [2.24, 2.45) is 0 Å². The maximum absolute atomic E-state index is 13.2. The third-order valence-electron chi connectivity index (χ3n) is 2.96. The van der Waals surface area contributed by atoms with Gasteiger partial charge in [-0.1, -0.05) is 12.1 Å². The molecular weight excluding hydrogens is 271 g/mol. The normalized spacial score (nSPS) is 10.8. The van der Waals surface area contributed by atoms with Crippen molar-refractivity contribution in [2.75, 3.05) is 5.73 Å². The number of pyridine rings is 1. The fraction of sp³-hybridized carbons (Fsp3) is 0.0625. The van der Waals surface area contributed by atoms with E-state index in [0.29, 0.717) is 5.52 Å². The molecule has 3 rings (SSSR count). The predicted molar refractivity (Wildman–Crippen MR) is 82.1 cm³/mol. The molecule has 3 aromatic rings. The molecule has 100 valence electrons. The minimum atomic E-state index is -0.259. The Kier molecular flexibility index (Phi) is 3.56. The van der Waals surface area contributed by atoms with Crippen LogP contribution in [0.1, 0.15) is 5.69 Å². The molecule has 0 fully saturated rings. The van der Waals surface area contributed by atoms with E-state index >= 15 is 0 Å². The zero-order valence-electron chi connectivity index (χ0n) is 10.7. The highest BCUT2D eigenvalue weighted by molar-refractivity contribution is 7.98. The molecule has 0 radical (unpaired) electrons. The molecular formula is C16H13FN2S. The van der Waals surface area contributed by atoms with Gasteiger partial charge in [-0.2, -0.15) is 0 Å². The Morgan fingerprint density at radius 1 is 1.05 bits per heavy atom. The molecule has 2 nitrogen and oxygen atoms in total. The molecule has 0 aliphatic rings. The Bertz CT molecular complexity index is 758. The topological polar surface area (TPSA) is 38.9 Å². The molecule has 1 aromatic heterocycles. The van der Waals surface area contributed by atoms with Gasteiger partial charge < -0.3 is 5.73 Å². The molecule has 0 saturated carbocycles. The minimum absolute atomic E-state index is 0.259. The van der Waals surface area contributed by atoms with E-state index in [2.05, 4.69) is 4.98 Å². The van der Waals surface area contributed by atoms with Gasteiger partial charge in [-0.3, -0.25) is 4.98 Å². The second-order valence-electron chi connectivity index (χ2n) is 4.50. The van der Waals surface area contributed by atoms with Gasteiger partial charge in [0, 0.05) is 27.8 Å². The monoisotopic (exact) mass is 284 g/mol. The maximum Gasteiger partial charge on any atom is 0.125 e. The summed E-state index contributed by atoms with van der Waals surface area (Å²) in [4.78, 5) is 5.58. The van der Waals surface area contributed by atoms with E-state index in [1.165, 1.54) is 12.1 Å². The van der Waals surface area contributed by atoms with Gasteiger partial charge in [0.25, 0.3) is 0 Å². The van der Waals surface area contributed by atoms with Crippen molar-refractivity contribution < 1.29 is 4.39 Å². The smallest absolute Gasteiger partial charge is 0.125 e. The number of hydrogen-bond acceptors (Lipinski definition) is 3. The molecule has 4 heteroatoms. The van der Waals surface area contributed by atoms with Crippen molar-refractivity contribution in [1.82, 2.24) is 4.98 Å². The number of benzene rings is 2. The molecule has 0 aliphatic heterocycles. The largest absolute Gasteiger partial charge is 0.399 e. The van der Waals surface area contributed by atoms with Crippen molar-refractivity contribution in [1.29, 1.82) is 0 Å². The second-order valence-corrected chi connectivity index (χ2v) is 5.55. The van der Waals surface area contributed by atoms with Crippen molar-refractivity contribution in [3.63, 3.8) is 0 Å². The Balaban J connectivity index is 1.80. The third-order valence-corrected chi connectivity index (χ3v) is 3.98. The molecule has 0 saturated heterocycles. The highest BCUT2D eigenvalue weighted by atomic mass is 32.2. The molecule has 0 atom stereocenters. The summed E-state index contributed by atoms with van der Waals surface area (Å²) >= 11 is 1.66. The van der Waals surface area contributed by atoms with E-state index in [1.54, 1.807) is 17.8 Å². The summed E-state index contributed by atoms with van der Waals surface area (Å²) in [5.74, 6) is 0.473. The molecule has 0 amide bonds. The van der Waals surface area contributed by atoms with Crippen LogP contribution in [-0.2, 0) is 5.75 Å². The Labute approximate surface area is 120 Å². The van der Waals surface area contributed by atoms with Gasteiger partial charge in [0.05, 0.1) is 11.2 Å². The van der Waals surface area contributed by atoms with Crippen molar-refractivity contribution >= 4 is 28.4 Å². The molecule has 0 unspecified atom stereocenters. The minimum Gasteiger partial charge on any atom is -0.399 e. The lowest BCUT2D eigenvalue weighted by atomic mass is 10.2. The Morgan fingerprint density at radius 2 is 1.90 bits per heavy atom. The summed E-state index contributed by atoms with van der Waals surface area (Å²) in [6, 6.07) is 16.3. The number of halogens is 1. The SMILES string of the molecule is Nc1cccc(SCc2ccc3ccc(F)cc3n2)c1. The number of anilines is 1. The first-order chi connectivity index (χ1) is 9.70. The van der Waals surface area contributed by atoms with E-state index in [4.69, 9.17) is 5.73 Å². The molecule has 2 N–H and O–H groups in total. The average molecular weight is 284 g/mol. The van der Waals surface area contributed by atoms with E-state index in [0.717, 1.165) is 27.4 Å². The van der Waals surface area contributed by atoms with Gasteiger partial charge in [-0.25, -0.2) is 4.39 Å². The van der Waals surface area contributed by atoms with Gasteiger partial charge in [0.1, 0.15) is 5.82 Å². The number of hydrogen-bond donors (Lipinski definition) is 1. The zero-order chi connectivity index (χ0) is 13.9. The Morgan fingerprint density at radius 3 is 2.75 bits per heavy atom. The van der Waals surface area contributed by atoms with Crippen LogP contribution in [0.5, 0.6) is 0 Å². The molecule has 0 spiro atoms. The first-order valence-electron chi connectivity index (χ1n) is 6.24. The van der Waals surface area contributed by atoms with Crippen LogP contribution in [0, 0.1) is 5.82 Å². The number of nitrogens with zero attached hydrogens (tertiary/aromatic N) is 1. The molecule has 1 heterocycles. The van der Waals surface area contributed by atoms with Crippen LogP contribution in [0.25, 0.3) is 10.9 Å². The lowest BCUT2D eigenvalue weighted by molar-refractivity contribution is 0.629. The third kappa shape index (κ3) is 2.91. The van der Waals surface area contributed by atoms with Gasteiger partial charge in [-0.15, -0.1) is 11.8 Å². The van der Waals surface area contributed by atoms with Crippen LogP contribution in [0.4, 0.5) is 10.1 Å². The van der Waals surface area contributed by atoms with Gasteiger partial charge in [0.15, 0.2) is 0 Å². The molecule has 2 aromatic carbocycles. The Hall–Kier alpha value is -2.07. The number of nitrogens with two attached hydrogens (primary N) is 1. The number of aromatic nitrogens is 1. The summed E-state index contributed by atoms with van der Waals surface area (Å²) in [5, 5.41) is 0.948.